The fourth-order valence-electron chi connectivity index (χ4n) is 4.76. The monoisotopic (exact) mass is 467 g/mol. The molecule has 0 N–H and O–H groups in total. The first-order valence-electron chi connectivity index (χ1n) is 12.3. The molecule has 5 rings (SSSR count). The van der Waals surface area contributed by atoms with Gasteiger partial charge in [0.2, 0.25) is 0 Å². The molecule has 35 heavy (non-hydrogen) atoms. The summed E-state index contributed by atoms with van der Waals surface area (Å²) in [5.74, 6) is 0.738. The molecule has 0 unspecified atom stereocenters. The van der Waals surface area contributed by atoms with Crippen molar-refractivity contribution >= 4 is 16.6 Å². The quantitative estimate of drug-likeness (QED) is 0.412. The summed E-state index contributed by atoms with van der Waals surface area (Å²) < 4.78 is 1.86. The van der Waals surface area contributed by atoms with Crippen molar-refractivity contribution in [2.24, 2.45) is 0 Å². The number of piperazine rings is 1. The molecule has 0 atom stereocenters. The number of nitrogens with zero attached hydrogens (tertiary/aromatic N) is 5. The molecule has 180 valence electrons. The van der Waals surface area contributed by atoms with Crippen LogP contribution in [0.3, 0.4) is 0 Å². The molecular weight excluding hydrogens is 434 g/mol. The lowest BCUT2D eigenvalue weighted by Gasteiger charge is -2.35. The second-order valence-electron chi connectivity index (χ2n) is 9.45. The van der Waals surface area contributed by atoms with Crippen LogP contribution in [0.2, 0.25) is 0 Å². The van der Waals surface area contributed by atoms with Crippen LogP contribution >= 0.6 is 0 Å². The Kier molecular flexibility index (Phi) is 6.93. The number of benzene rings is 3. The number of aromatic nitrogens is 2. The van der Waals surface area contributed by atoms with Gasteiger partial charge in [0.1, 0.15) is 5.82 Å². The third kappa shape index (κ3) is 5.29. The van der Waals surface area contributed by atoms with E-state index in [1.807, 2.05) is 42.9 Å². The predicted octanol–water partition coefficient (Wildman–Crippen LogP) is 3.95. The second kappa shape index (κ2) is 10.4. The van der Waals surface area contributed by atoms with Gasteiger partial charge in [0, 0.05) is 71.2 Å². The highest BCUT2D eigenvalue weighted by Gasteiger charge is 2.19. The van der Waals surface area contributed by atoms with E-state index >= 15 is 0 Å². The Morgan fingerprint density at radius 1 is 0.771 bits per heavy atom. The van der Waals surface area contributed by atoms with Crippen LogP contribution in [0, 0.1) is 0 Å². The van der Waals surface area contributed by atoms with Crippen molar-refractivity contribution in [3.63, 3.8) is 0 Å². The summed E-state index contributed by atoms with van der Waals surface area (Å²) >= 11 is 0. The largest absolute Gasteiger partial charge is 0.378 e. The highest BCUT2D eigenvalue weighted by atomic mass is 16.1. The SMILES string of the molecule is CN(C)c1ccc(-c2nc3ccccc3c(=O)n2CCN2CCN(Cc3ccccc3)CC2)cc1. The van der Waals surface area contributed by atoms with Crippen molar-refractivity contribution in [1.29, 1.82) is 0 Å². The highest BCUT2D eigenvalue weighted by molar-refractivity contribution is 5.79. The predicted molar refractivity (Wildman–Crippen MR) is 144 cm³/mol. The van der Waals surface area contributed by atoms with Crippen molar-refractivity contribution in [3.05, 3.63) is 94.8 Å². The molecule has 6 nitrogen and oxygen atoms in total. The van der Waals surface area contributed by atoms with E-state index in [-0.39, 0.29) is 5.56 Å². The zero-order valence-corrected chi connectivity index (χ0v) is 20.6. The Labute approximate surface area is 207 Å². The zero-order chi connectivity index (χ0) is 24.2. The number of anilines is 1. The molecule has 4 aromatic rings. The van der Waals surface area contributed by atoms with Crippen molar-refractivity contribution < 1.29 is 0 Å². The van der Waals surface area contributed by atoms with Gasteiger partial charge >= 0.3 is 0 Å². The van der Waals surface area contributed by atoms with Gasteiger partial charge < -0.3 is 4.90 Å². The van der Waals surface area contributed by atoms with Gasteiger partial charge in [-0.25, -0.2) is 4.98 Å². The maximum Gasteiger partial charge on any atom is 0.261 e. The van der Waals surface area contributed by atoms with E-state index in [1.54, 1.807) is 0 Å². The van der Waals surface area contributed by atoms with Crippen molar-refractivity contribution in [1.82, 2.24) is 19.4 Å². The van der Waals surface area contributed by atoms with Gasteiger partial charge in [-0.2, -0.15) is 0 Å². The van der Waals surface area contributed by atoms with Crippen molar-refractivity contribution in [2.45, 2.75) is 13.1 Å². The minimum Gasteiger partial charge on any atom is -0.378 e. The van der Waals surface area contributed by atoms with Gasteiger partial charge in [-0.05, 0) is 42.0 Å². The summed E-state index contributed by atoms with van der Waals surface area (Å²) in [5.41, 5.74) is 4.22. The summed E-state index contributed by atoms with van der Waals surface area (Å²) in [5, 5.41) is 0.675. The summed E-state index contributed by atoms with van der Waals surface area (Å²) in [6.07, 6.45) is 0. The topological polar surface area (TPSA) is 44.6 Å². The average Bonchev–Trinajstić information content (AvgIpc) is 2.89. The number of rotatable bonds is 7. The molecule has 1 aliphatic rings. The Morgan fingerprint density at radius 2 is 1.43 bits per heavy atom. The second-order valence-corrected chi connectivity index (χ2v) is 9.45. The lowest BCUT2D eigenvalue weighted by atomic mass is 10.1. The van der Waals surface area contributed by atoms with Crippen LogP contribution in [0.15, 0.2) is 83.7 Å². The molecule has 1 aromatic heterocycles. The van der Waals surface area contributed by atoms with Gasteiger partial charge in [0.05, 0.1) is 10.9 Å². The molecule has 3 aromatic carbocycles. The molecule has 1 aliphatic heterocycles. The molecule has 0 aliphatic carbocycles. The summed E-state index contributed by atoms with van der Waals surface area (Å²) in [6.45, 7) is 6.56. The third-order valence-corrected chi connectivity index (χ3v) is 6.86. The third-order valence-electron chi connectivity index (χ3n) is 6.86. The van der Waals surface area contributed by atoms with Crippen molar-refractivity contribution in [3.8, 4) is 11.4 Å². The number of hydrogen-bond donors (Lipinski definition) is 0. The van der Waals surface area contributed by atoms with E-state index in [0.717, 1.165) is 61.9 Å². The molecule has 0 bridgehead atoms. The zero-order valence-electron chi connectivity index (χ0n) is 20.6. The molecule has 2 heterocycles. The van der Waals surface area contributed by atoms with E-state index < -0.39 is 0 Å². The van der Waals surface area contributed by atoms with Crippen LogP contribution in [-0.4, -0.2) is 66.2 Å². The van der Waals surface area contributed by atoms with E-state index in [2.05, 4.69) is 69.3 Å². The van der Waals surface area contributed by atoms with Crippen LogP contribution in [0.5, 0.6) is 0 Å². The highest BCUT2D eigenvalue weighted by Crippen LogP contribution is 2.22. The smallest absolute Gasteiger partial charge is 0.261 e. The first-order valence-corrected chi connectivity index (χ1v) is 12.3. The van der Waals surface area contributed by atoms with Crippen LogP contribution in [0.25, 0.3) is 22.3 Å². The van der Waals surface area contributed by atoms with E-state index in [4.69, 9.17) is 4.98 Å². The number of para-hydroxylation sites is 1. The van der Waals surface area contributed by atoms with Crippen LogP contribution < -0.4 is 10.5 Å². The van der Waals surface area contributed by atoms with Gasteiger partial charge in [0.25, 0.3) is 5.56 Å². The first kappa shape index (κ1) is 23.3. The van der Waals surface area contributed by atoms with Gasteiger partial charge in [-0.3, -0.25) is 19.2 Å². The summed E-state index contributed by atoms with van der Waals surface area (Å²) in [7, 11) is 4.05. The minimum atomic E-state index is 0.0324. The van der Waals surface area contributed by atoms with Gasteiger partial charge in [-0.15, -0.1) is 0 Å². The van der Waals surface area contributed by atoms with Gasteiger partial charge in [0.15, 0.2) is 0 Å². The maximum absolute atomic E-state index is 13.5. The van der Waals surface area contributed by atoms with Crippen LogP contribution in [0.4, 0.5) is 5.69 Å². The number of fused-ring (bicyclic) bond motifs is 1. The van der Waals surface area contributed by atoms with Gasteiger partial charge in [-0.1, -0.05) is 42.5 Å². The number of hydrogen-bond acceptors (Lipinski definition) is 5. The Hall–Kier alpha value is -3.48. The van der Waals surface area contributed by atoms with E-state index in [9.17, 15) is 4.79 Å². The molecule has 0 spiro atoms. The van der Waals surface area contributed by atoms with E-state index in [1.165, 1.54) is 5.56 Å². The maximum atomic E-state index is 13.5. The Bertz CT molecular complexity index is 1320. The molecule has 6 heteroatoms. The Morgan fingerprint density at radius 3 is 2.14 bits per heavy atom. The lowest BCUT2D eigenvalue weighted by molar-refractivity contribution is 0.124. The van der Waals surface area contributed by atoms with Crippen LogP contribution in [0.1, 0.15) is 5.56 Å². The molecule has 0 amide bonds. The molecular formula is C29H33N5O. The summed E-state index contributed by atoms with van der Waals surface area (Å²) in [6, 6.07) is 26.6. The molecule has 1 fully saturated rings. The fraction of sp³-hybridized carbons (Fsp3) is 0.310. The van der Waals surface area contributed by atoms with Crippen molar-refractivity contribution in [2.75, 3.05) is 51.7 Å². The van der Waals surface area contributed by atoms with Crippen LogP contribution in [-0.2, 0) is 13.1 Å². The standard InChI is InChI=1S/C29H33N5O/c1-31(2)25-14-12-24(13-15-25)28-30-27-11-7-6-10-26(27)29(35)34(28)21-20-32-16-18-33(19-17-32)22-23-8-4-3-5-9-23/h3-15H,16-22H2,1-2H3. The Balaban J connectivity index is 1.33. The normalized spacial score (nSPS) is 14.9. The summed E-state index contributed by atoms with van der Waals surface area (Å²) in [4.78, 5) is 25.5. The lowest BCUT2D eigenvalue weighted by Crippen LogP contribution is -2.47. The molecule has 0 saturated carbocycles. The fourth-order valence-corrected chi connectivity index (χ4v) is 4.76. The average molecular weight is 468 g/mol. The first-order chi connectivity index (χ1) is 17.1. The molecule has 1 saturated heterocycles. The minimum absolute atomic E-state index is 0.0324. The molecule has 0 radical (unpaired) electrons. The van der Waals surface area contributed by atoms with E-state index in [0.29, 0.717) is 11.9 Å².